The lowest BCUT2D eigenvalue weighted by atomic mass is 10.00. The van der Waals surface area contributed by atoms with Crippen molar-refractivity contribution in [2.24, 2.45) is 0 Å². The number of phenolic OH excluding ortho intramolecular Hbond substituents is 2. The van der Waals surface area contributed by atoms with Crippen molar-refractivity contribution in [1.29, 1.82) is 1.43 Å². The van der Waals surface area contributed by atoms with E-state index in [1.165, 1.54) is 5.56 Å². The number of aromatic hydroxyl groups is 2. The van der Waals surface area contributed by atoms with E-state index in [2.05, 4.69) is 18.1 Å². The van der Waals surface area contributed by atoms with Crippen molar-refractivity contribution in [3.63, 3.8) is 0 Å². The van der Waals surface area contributed by atoms with Gasteiger partial charge in [-0.1, -0.05) is 30.3 Å². The molecule has 1 aliphatic rings. The fourth-order valence-corrected chi connectivity index (χ4v) is 4.40. The number of fused-ring (bicyclic) bond motifs is 1. The van der Waals surface area contributed by atoms with E-state index in [9.17, 15) is 5.11 Å². The molecule has 3 aromatic carbocycles. The SMILES string of the molecule is [3H]Oc1ccc([C@H]2Sc3cc(C)ccc3O[C@H]2c2ccc(O)cc2)cc1. The molecular formula is C21H18O3S. The minimum atomic E-state index is -0.182. The predicted molar refractivity (Wildman–Crippen MR) is 99.4 cm³/mol. The fourth-order valence-electron chi connectivity index (χ4n) is 3.01. The molecule has 2 N–H and O–H groups in total. The lowest BCUT2D eigenvalue weighted by molar-refractivity contribution is 0.191. The Morgan fingerprint density at radius 1 is 0.920 bits per heavy atom. The Hall–Kier alpha value is -2.59. The van der Waals surface area contributed by atoms with Gasteiger partial charge in [-0.3, -0.25) is 0 Å². The highest BCUT2D eigenvalue weighted by molar-refractivity contribution is 7.99. The third-order valence-electron chi connectivity index (χ3n) is 4.31. The number of rotatable bonds is 3. The average molecular weight is 352 g/mol. The molecule has 0 spiro atoms. The third-order valence-corrected chi connectivity index (χ3v) is 5.66. The number of ether oxygens (including phenoxy) is 1. The zero-order valence-corrected chi connectivity index (χ0v) is 14.5. The Labute approximate surface area is 152 Å². The van der Waals surface area contributed by atoms with Crippen LogP contribution < -0.4 is 4.74 Å². The molecular weight excluding hydrogens is 332 g/mol. The summed E-state index contributed by atoms with van der Waals surface area (Å²) < 4.78 is 13.4. The van der Waals surface area contributed by atoms with Crippen LogP contribution in [0, 0.1) is 6.92 Å². The van der Waals surface area contributed by atoms with Gasteiger partial charge < -0.3 is 15.0 Å². The maximum absolute atomic E-state index is 9.61. The van der Waals surface area contributed by atoms with Gasteiger partial charge in [-0.05, 0) is 60.0 Å². The van der Waals surface area contributed by atoms with Crippen LogP contribution in [-0.2, 0) is 0 Å². The minimum absolute atomic E-state index is 0.0497. The smallest absolute Gasteiger partial charge is 0.293 e. The Kier molecular flexibility index (Phi) is 3.75. The number of hydrogen-bond donors (Lipinski definition) is 2. The largest absolute Gasteiger partial charge is 0.508 e. The van der Waals surface area contributed by atoms with Gasteiger partial charge in [0.25, 0.3) is 1.43 Å². The van der Waals surface area contributed by atoms with Crippen LogP contribution in [0.3, 0.4) is 0 Å². The Morgan fingerprint density at radius 3 is 2.32 bits per heavy atom. The molecule has 0 saturated heterocycles. The van der Waals surface area contributed by atoms with Crippen LogP contribution in [0.4, 0.5) is 0 Å². The standard InChI is InChI=1S/C21H18O3S/c1-13-2-11-18-19(12-13)25-21(15-5-9-17(23)10-6-15)20(24-18)14-3-7-16(22)8-4-14/h2-12,20-23H,1H3/t20-,21+/m0/s1/i/hT. The van der Waals surface area contributed by atoms with Gasteiger partial charge in [-0.2, -0.15) is 0 Å². The lowest BCUT2D eigenvalue weighted by Gasteiger charge is -2.34. The fraction of sp³-hybridized carbons (Fsp3) is 0.143. The van der Waals surface area contributed by atoms with Crippen molar-refractivity contribution in [3.8, 4) is 17.2 Å². The molecule has 3 nitrogen and oxygen atoms in total. The molecule has 2 atom stereocenters. The van der Waals surface area contributed by atoms with Crippen LogP contribution >= 0.6 is 11.8 Å². The summed E-state index contributed by atoms with van der Waals surface area (Å²) in [6.45, 7) is 2.07. The molecule has 4 rings (SSSR count). The highest BCUT2D eigenvalue weighted by atomic mass is 32.2. The Morgan fingerprint density at radius 2 is 1.60 bits per heavy atom. The lowest BCUT2D eigenvalue weighted by Crippen LogP contribution is -2.19. The minimum Gasteiger partial charge on any atom is -0.508 e. The molecule has 1 aliphatic heterocycles. The summed E-state index contributed by atoms with van der Waals surface area (Å²) in [4.78, 5) is 1.12. The summed E-state index contributed by atoms with van der Waals surface area (Å²) in [5.41, 5.74) is 3.30. The van der Waals surface area contributed by atoms with Crippen molar-refractivity contribution in [2.45, 2.75) is 23.2 Å². The van der Waals surface area contributed by atoms with Gasteiger partial charge in [-0.25, -0.2) is 0 Å². The Bertz CT molecular complexity index is 910. The molecule has 0 unspecified atom stereocenters. The Balaban J connectivity index is 1.76. The number of benzene rings is 3. The maximum atomic E-state index is 9.61. The van der Waals surface area contributed by atoms with Crippen LogP contribution in [0.2, 0.25) is 0 Å². The third kappa shape index (κ3) is 3.17. The number of thioether (sulfide) groups is 1. The second-order valence-corrected chi connectivity index (χ2v) is 7.37. The van der Waals surface area contributed by atoms with Gasteiger partial charge in [0.1, 0.15) is 23.4 Å². The molecule has 3 aromatic rings. The molecule has 0 saturated carbocycles. The molecule has 0 bridgehead atoms. The zero-order valence-electron chi connectivity index (χ0n) is 14.7. The van der Waals surface area contributed by atoms with E-state index in [-0.39, 0.29) is 17.1 Å². The van der Waals surface area contributed by atoms with Crippen LogP contribution in [0.1, 0.15) is 28.0 Å². The van der Waals surface area contributed by atoms with Gasteiger partial charge in [0.15, 0.2) is 0 Å². The summed E-state index contributed by atoms with van der Waals surface area (Å²) in [7, 11) is 0. The number of aryl methyl sites for hydroxylation is 1. The average Bonchev–Trinajstić information content (AvgIpc) is 2.68. The number of hydrogen-bond acceptors (Lipinski definition) is 4. The van der Waals surface area contributed by atoms with Crippen molar-refractivity contribution in [2.75, 3.05) is 0 Å². The van der Waals surface area contributed by atoms with E-state index >= 15 is 0 Å². The van der Waals surface area contributed by atoms with E-state index in [1.807, 2.05) is 36.4 Å². The monoisotopic (exact) mass is 352 g/mol. The maximum Gasteiger partial charge on any atom is 0.293 e. The molecule has 4 heteroatoms. The normalized spacial score (nSPS) is 19.5. The van der Waals surface area contributed by atoms with Gasteiger partial charge in [0, 0.05) is 0 Å². The first-order valence-electron chi connectivity index (χ1n) is 8.51. The van der Waals surface area contributed by atoms with E-state index in [0.29, 0.717) is 5.75 Å². The van der Waals surface area contributed by atoms with Crippen LogP contribution in [-0.4, -0.2) is 11.6 Å². The van der Waals surface area contributed by atoms with Crippen molar-refractivity contribution in [3.05, 3.63) is 83.4 Å². The first-order chi connectivity index (χ1) is 12.6. The molecule has 25 heavy (non-hydrogen) atoms. The molecule has 1 heterocycles. The molecule has 126 valence electrons. The zero-order chi connectivity index (χ0) is 18.1. The van der Waals surface area contributed by atoms with Crippen LogP contribution in [0.5, 0.6) is 17.2 Å². The van der Waals surface area contributed by atoms with E-state index < -0.39 is 0 Å². The van der Waals surface area contributed by atoms with E-state index in [4.69, 9.17) is 6.17 Å². The van der Waals surface area contributed by atoms with Crippen LogP contribution in [0.25, 0.3) is 0 Å². The molecule has 0 amide bonds. The number of phenols is 2. The van der Waals surface area contributed by atoms with E-state index in [1.54, 1.807) is 36.0 Å². The summed E-state index contributed by atoms with van der Waals surface area (Å²) >= 11 is 1.77. The highest BCUT2D eigenvalue weighted by Gasteiger charge is 2.33. The molecule has 0 aliphatic carbocycles. The quantitative estimate of drug-likeness (QED) is 0.665. The summed E-state index contributed by atoms with van der Waals surface area (Å²) in [5.74, 6) is 1.62. The second kappa shape index (κ2) is 6.37. The topological polar surface area (TPSA) is 49.7 Å². The van der Waals surface area contributed by atoms with Crippen molar-refractivity contribution < 1.29 is 15.0 Å². The molecule has 0 fully saturated rings. The van der Waals surface area contributed by atoms with Gasteiger partial charge in [0.2, 0.25) is 0 Å². The first-order valence-corrected chi connectivity index (χ1v) is 8.98. The van der Waals surface area contributed by atoms with Crippen molar-refractivity contribution in [1.82, 2.24) is 0 Å². The summed E-state index contributed by atoms with van der Waals surface area (Å²) in [6.07, 6.45) is -0.182. The molecule has 0 aromatic heterocycles. The summed E-state index contributed by atoms with van der Waals surface area (Å²) in [6, 6.07) is 20.9. The van der Waals surface area contributed by atoms with Crippen LogP contribution in [0.15, 0.2) is 71.6 Å². The summed E-state index contributed by atoms with van der Waals surface area (Å²) in [5, 5.41) is 14.2. The van der Waals surface area contributed by atoms with Crippen molar-refractivity contribution >= 4 is 11.8 Å². The van der Waals surface area contributed by atoms with E-state index in [0.717, 1.165) is 21.8 Å². The molecule has 0 radical (unpaired) electrons. The van der Waals surface area contributed by atoms with Gasteiger partial charge in [-0.15, -0.1) is 11.8 Å². The van der Waals surface area contributed by atoms with Gasteiger partial charge >= 0.3 is 0 Å². The van der Waals surface area contributed by atoms with Gasteiger partial charge in [0.05, 0.1) is 10.1 Å². The first kappa shape index (κ1) is 14.7. The second-order valence-electron chi connectivity index (χ2n) is 6.19. The highest BCUT2D eigenvalue weighted by Crippen LogP contribution is 2.53. The predicted octanol–water partition coefficient (Wildman–Crippen LogP) is 5.37.